The van der Waals surface area contributed by atoms with Crippen molar-refractivity contribution in [2.24, 2.45) is 0 Å². The van der Waals surface area contributed by atoms with Gasteiger partial charge in [0, 0.05) is 24.7 Å². The second-order valence-electron chi connectivity index (χ2n) is 4.48. The van der Waals surface area contributed by atoms with Gasteiger partial charge < -0.3 is 15.7 Å². The number of carbonyl (C=O) groups excluding carboxylic acids is 1. The van der Waals surface area contributed by atoms with Crippen LogP contribution in [0.1, 0.15) is 12.5 Å². The van der Waals surface area contributed by atoms with E-state index < -0.39 is 0 Å². The maximum Gasteiger partial charge on any atom is 0.221 e. The number of para-hydroxylation sites is 1. The molecule has 0 unspecified atom stereocenters. The van der Waals surface area contributed by atoms with Crippen LogP contribution in [0.4, 0.5) is 11.4 Å². The summed E-state index contributed by atoms with van der Waals surface area (Å²) in [6, 6.07) is 10.7. The molecule has 0 saturated carbocycles. The molecule has 3 N–H and O–H groups in total. The maximum absolute atomic E-state index is 11.0. The number of rotatable bonds is 4. The lowest BCUT2D eigenvalue weighted by Crippen LogP contribution is -2.06. The number of amides is 1. The Morgan fingerprint density at radius 3 is 2.76 bits per heavy atom. The fourth-order valence-electron chi connectivity index (χ4n) is 1.82. The first-order chi connectivity index (χ1) is 9.97. The van der Waals surface area contributed by atoms with E-state index in [4.69, 9.17) is 11.6 Å². The number of halogens is 2. The largest absolute Gasteiger partial charge is 0.506 e. The summed E-state index contributed by atoms with van der Waals surface area (Å²) in [6.45, 7) is 1.89. The molecule has 4 nitrogen and oxygen atoms in total. The van der Waals surface area contributed by atoms with Crippen molar-refractivity contribution in [2.75, 3.05) is 10.6 Å². The number of nitrogens with one attached hydrogen (secondary N) is 2. The van der Waals surface area contributed by atoms with Crippen LogP contribution in [0.2, 0.25) is 5.02 Å². The van der Waals surface area contributed by atoms with Gasteiger partial charge in [0.1, 0.15) is 5.75 Å². The molecular formula is C15H14BrClN2O2. The molecule has 0 fully saturated rings. The van der Waals surface area contributed by atoms with Crippen LogP contribution in [0.15, 0.2) is 40.9 Å². The predicted octanol–water partition coefficient (Wildman–Crippen LogP) is 4.38. The first kappa shape index (κ1) is 15.7. The molecule has 0 atom stereocenters. The summed E-state index contributed by atoms with van der Waals surface area (Å²) < 4.78 is 0.654. The number of carbonyl (C=O) groups is 1. The Morgan fingerprint density at radius 1 is 1.33 bits per heavy atom. The minimum absolute atomic E-state index is 0.170. The standard InChI is InChI=1S/C15H14BrClN2O2/c1-9(20)19-14-6-5-11(7-13(14)17)18-8-10-3-2-4-12(16)15(10)21/h2-7,18,21H,8H2,1H3,(H,19,20). The van der Waals surface area contributed by atoms with Gasteiger partial charge in [-0.05, 0) is 40.2 Å². The van der Waals surface area contributed by atoms with E-state index in [1.54, 1.807) is 18.2 Å². The number of benzene rings is 2. The summed E-state index contributed by atoms with van der Waals surface area (Å²) in [4.78, 5) is 11.0. The van der Waals surface area contributed by atoms with Gasteiger partial charge in [-0.3, -0.25) is 4.79 Å². The minimum Gasteiger partial charge on any atom is -0.506 e. The van der Waals surface area contributed by atoms with Crippen molar-refractivity contribution in [3.8, 4) is 5.75 Å². The van der Waals surface area contributed by atoms with E-state index in [1.165, 1.54) is 6.92 Å². The molecule has 0 bridgehead atoms. The van der Waals surface area contributed by atoms with Gasteiger partial charge in [-0.25, -0.2) is 0 Å². The van der Waals surface area contributed by atoms with Gasteiger partial charge in [-0.2, -0.15) is 0 Å². The molecule has 2 aromatic rings. The molecule has 0 heterocycles. The molecule has 2 rings (SSSR count). The Hall–Kier alpha value is -1.72. The topological polar surface area (TPSA) is 61.4 Å². The van der Waals surface area contributed by atoms with E-state index in [0.717, 1.165) is 11.3 Å². The molecule has 2 aromatic carbocycles. The molecule has 0 aliphatic heterocycles. The smallest absolute Gasteiger partial charge is 0.221 e. The van der Waals surface area contributed by atoms with Crippen molar-refractivity contribution in [1.29, 1.82) is 0 Å². The fourth-order valence-corrected chi connectivity index (χ4v) is 2.45. The highest BCUT2D eigenvalue weighted by Crippen LogP contribution is 2.29. The monoisotopic (exact) mass is 368 g/mol. The van der Waals surface area contributed by atoms with Gasteiger partial charge in [-0.15, -0.1) is 0 Å². The number of hydrogen-bond donors (Lipinski definition) is 3. The average molecular weight is 370 g/mol. The molecule has 0 radical (unpaired) electrons. The molecule has 6 heteroatoms. The Morgan fingerprint density at radius 2 is 2.10 bits per heavy atom. The van der Waals surface area contributed by atoms with Crippen LogP contribution >= 0.6 is 27.5 Å². The molecule has 21 heavy (non-hydrogen) atoms. The van der Waals surface area contributed by atoms with Crippen LogP contribution in [0, 0.1) is 0 Å². The summed E-state index contributed by atoms with van der Waals surface area (Å²) in [6.07, 6.45) is 0. The second-order valence-corrected chi connectivity index (χ2v) is 5.74. The van der Waals surface area contributed by atoms with Crippen LogP contribution < -0.4 is 10.6 Å². The van der Waals surface area contributed by atoms with Crippen molar-refractivity contribution in [2.45, 2.75) is 13.5 Å². The minimum atomic E-state index is -0.170. The van der Waals surface area contributed by atoms with E-state index >= 15 is 0 Å². The van der Waals surface area contributed by atoms with E-state index in [9.17, 15) is 9.90 Å². The van der Waals surface area contributed by atoms with Gasteiger partial charge in [0.05, 0.1) is 15.2 Å². The van der Waals surface area contributed by atoms with Crippen LogP contribution in [-0.2, 0) is 11.3 Å². The van der Waals surface area contributed by atoms with Crippen molar-refractivity contribution < 1.29 is 9.90 Å². The molecular weight excluding hydrogens is 356 g/mol. The molecule has 0 spiro atoms. The predicted molar refractivity (Wildman–Crippen MR) is 88.9 cm³/mol. The van der Waals surface area contributed by atoms with Gasteiger partial charge >= 0.3 is 0 Å². The highest BCUT2D eigenvalue weighted by Gasteiger charge is 2.06. The zero-order valence-corrected chi connectivity index (χ0v) is 13.6. The summed E-state index contributed by atoms with van der Waals surface area (Å²) in [5.74, 6) is 0.0441. The lowest BCUT2D eigenvalue weighted by atomic mass is 10.2. The third-order valence-corrected chi connectivity index (χ3v) is 3.79. The van der Waals surface area contributed by atoms with Crippen molar-refractivity contribution in [1.82, 2.24) is 0 Å². The number of aromatic hydroxyl groups is 1. The highest BCUT2D eigenvalue weighted by molar-refractivity contribution is 9.10. The zero-order valence-electron chi connectivity index (χ0n) is 11.3. The quantitative estimate of drug-likeness (QED) is 0.749. The number of anilines is 2. The van der Waals surface area contributed by atoms with Gasteiger partial charge in [0.2, 0.25) is 5.91 Å². The van der Waals surface area contributed by atoms with Crippen LogP contribution in [0.5, 0.6) is 5.75 Å². The number of phenols is 1. The van der Waals surface area contributed by atoms with Crippen LogP contribution in [-0.4, -0.2) is 11.0 Å². The molecule has 1 amide bonds. The van der Waals surface area contributed by atoms with Crippen molar-refractivity contribution >= 4 is 44.8 Å². The third kappa shape index (κ3) is 4.12. The first-order valence-corrected chi connectivity index (χ1v) is 7.42. The summed E-state index contributed by atoms with van der Waals surface area (Å²) >= 11 is 9.38. The van der Waals surface area contributed by atoms with E-state index in [-0.39, 0.29) is 11.7 Å². The third-order valence-electron chi connectivity index (χ3n) is 2.83. The van der Waals surface area contributed by atoms with E-state index in [2.05, 4.69) is 26.6 Å². The van der Waals surface area contributed by atoms with Gasteiger partial charge in [-0.1, -0.05) is 23.7 Å². The summed E-state index contributed by atoms with van der Waals surface area (Å²) in [5, 5.41) is 16.2. The van der Waals surface area contributed by atoms with Gasteiger partial charge in [0.25, 0.3) is 0 Å². The summed E-state index contributed by atoms with van der Waals surface area (Å²) in [7, 11) is 0. The molecule has 110 valence electrons. The maximum atomic E-state index is 11.0. The highest BCUT2D eigenvalue weighted by atomic mass is 79.9. The fraction of sp³-hybridized carbons (Fsp3) is 0.133. The van der Waals surface area contributed by atoms with Crippen molar-refractivity contribution in [3.63, 3.8) is 0 Å². The van der Waals surface area contributed by atoms with Crippen LogP contribution in [0.25, 0.3) is 0 Å². The Bertz CT molecular complexity index is 677. The molecule has 0 aliphatic rings. The Balaban J connectivity index is 2.08. The second kappa shape index (κ2) is 6.83. The lowest BCUT2D eigenvalue weighted by molar-refractivity contribution is -0.114. The zero-order chi connectivity index (χ0) is 15.4. The van der Waals surface area contributed by atoms with Gasteiger partial charge in [0.15, 0.2) is 0 Å². The number of hydrogen-bond acceptors (Lipinski definition) is 3. The SMILES string of the molecule is CC(=O)Nc1ccc(NCc2cccc(Br)c2O)cc1Cl. The molecule has 0 aliphatic carbocycles. The lowest BCUT2D eigenvalue weighted by Gasteiger charge is -2.11. The number of phenolic OH excluding ortho intramolecular Hbond substituents is 1. The van der Waals surface area contributed by atoms with E-state index in [1.807, 2.05) is 18.2 Å². The normalized spacial score (nSPS) is 10.2. The average Bonchev–Trinajstić information content (AvgIpc) is 2.43. The van der Waals surface area contributed by atoms with Crippen LogP contribution in [0.3, 0.4) is 0 Å². The molecule has 0 aromatic heterocycles. The Labute approximate surface area is 136 Å². The van der Waals surface area contributed by atoms with Crippen molar-refractivity contribution in [3.05, 3.63) is 51.5 Å². The first-order valence-electron chi connectivity index (χ1n) is 6.24. The van der Waals surface area contributed by atoms with E-state index in [0.29, 0.717) is 21.7 Å². The summed E-state index contributed by atoms with van der Waals surface area (Å²) in [5.41, 5.74) is 2.14. The Kier molecular flexibility index (Phi) is 5.09. The molecule has 0 saturated heterocycles.